The van der Waals surface area contributed by atoms with Crippen LogP contribution in [0.25, 0.3) is 11.4 Å². The molecule has 33 heavy (non-hydrogen) atoms. The van der Waals surface area contributed by atoms with Crippen LogP contribution >= 0.6 is 23.4 Å². The molecule has 0 bridgehead atoms. The summed E-state index contributed by atoms with van der Waals surface area (Å²) in [6, 6.07) is 19.6. The van der Waals surface area contributed by atoms with Crippen LogP contribution in [0.15, 0.2) is 78.0 Å². The Morgan fingerprint density at radius 3 is 2.55 bits per heavy atom. The Kier molecular flexibility index (Phi) is 6.86. The van der Waals surface area contributed by atoms with Gasteiger partial charge in [-0.1, -0.05) is 47.6 Å². The first-order valence-electron chi connectivity index (χ1n) is 9.89. The number of thioether (sulfide) groups is 1. The lowest BCUT2D eigenvalue weighted by Crippen LogP contribution is -2.13. The number of halogens is 2. The minimum atomic E-state index is -0.589. The van der Waals surface area contributed by atoms with Crippen LogP contribution in [0.1, 0.15) is 20.7 Å². The highest BCUT2D eigenvalue weighted by molar-refractivity contribution is 7.99. The summed E-state index contributed by atoms with van der Waals surface area (Å²) in [5.74, 6) is -0.404. The van der Waals surface area contributed by atoms with Gasteiger partial charge >= 0.3 is 0 Å². The molecule has 1 heterocycles. The summed E-state index contributed by atoms with van der Waals surface area (Å²) in [6.07, 6.45) is 0. The number of aromatic nitrogens is 3. The van der Waals surface area contributed by atoms with Gasteiger partial charge in [-0.15, -0.1) is 10.2 Å². The number of benzene rings is 3. The zero-order chi connectivity index (χ0) is 23.4. The van der Waals surface area contributed by atoms with E-state index in [1.165, 1.54) is 30.0 Å². The molecular formula is C24H18ClFN4O2S. The standard InChI is InChI=1S/C24H18ClFN4O2S/c1-30-22(28-29-24(30)33-14-21(31)15-9-11-17(25)12-10-15)16-5-4-6-18(13-16)27-23(32)19-7-2-3-8-20(19)26/h2-13H,14H2,1H3,(H,27,32). The molecule has 166 valence electrons. The lowest BCUT2D eigenvalue weighted by molar-refractivity contribution is 0.101. The van der Waals surface area contributed by atoms with E-state index in [0.717, 1.165) is 0 Å². The highest BCUT2D eigenvalue weighted by Gasteiger charge is 2.15. The molecule has 0 radical (unpaired) electrons. The first-order valence-corrected chi connectivity index (χ1v) is 11.3. The van der Waals surface area contributed by atoms with E-state index in [-0.39, 0.29) is 17.1 Å². The minimum Gasteiger partial charge on any atom is -0.322 e. The van der Waals surface area contributed by atoms with Crippen LogP contribution in [0, 0.1) is 5.82 Å². The fraction of sp³-hybridized carbons (Fsp3) is 0.0833. The van der Waals surface area contributed by atoms with Crippen molar-refractivity contribution in [3.05, 3.63) is 94.8 Å². The van der Waals surface area contributed by atoms with Gasteiger partial charge in [-0.3, -0.25) is 9.59 Å². The van der Waals surface area contributed by atoms with Crippen LogP contribution in [0.5, 0.6) is 0 Å². The quantitative estimate of drug-likeness (QED) is 0.279. The van der Waals surface area contributed by atoms with Gasteiger partial charge < -0.3 is 9.88 Å². The molecule has 3 aromatic carbocycles. The molecule has 9 heteroatoms. The molecule has 1 amide bonds. The number of amides is 1. The number of Topliss-reactive ketones (excluding diaryl/α,β-unsaturated/α-hetero) is 1. The Bertz CT molecular complexity index is 1320. The van der Waals surface area contributed by atoms with Crippen molar-refractivity contribution in [3.63, 3.8) is 0 Å². The summed E-state index contributed by atoms with van der Waals surface area (Å²) in [4.78, 5) is 24.8. The summed E-state index contributed by atoms with van der Waals surface area (Å²) in [5, 5.41) is 12.3. The molecule has 1 N–H and O–H groups in total. The van der Waals surface area contributed by atoms with Gasteiger partial charge in [0.25, 0.3) is 5.91 Å². The lowest BCUT2D eigenvalue weighted by atomic mass is 10.1. The molecule has 1 aromatic heterocycles. The van der Waals surface area contributed by atoms with E-state index in [0.29, 0.717) is 32.8 Å². The third-order valence-electron chi connectivity index (χ3n) is 4.83. The van der Waals surface area contributed by atoms with Crippen LogP contribution in [0.2, 0.25) is 5.02 Å². The molecule has 0 aliphatic heterocycles. The van der Waals surface area contributed by atoms with Crippen molar-refractivity contribution in [1.29, 1.82) is 0 Å². The number of nitrogens with zero attached hydrogens (tertiary/aromatic N) is 3. The van der Waals surface area contributed by atoms with Crippen LogP contribution in [-0.4, -0.2) is 32.2 Å². The molecular weight excluding hydrogens is 463 g/mol. The van der Waals surface area contributed by atoms with E-state index in [2.05, 4.69) is 15.5 Å². The second-order valence-electron chi connectivity index (χ2n) is 7.10. The van der Waals surface area contributed by atoms with Crippen LogP contribution in [0.3, 0.4) is 0 Å². The van der Waals surface area contributed by atoms with E-state index < -0.39 is 11.7 Å². The number of rotatable bonds is 7. The monoisotopic (exact) mass is 480 g/mol. The Morgan fingerprint density at radius 1 is 1.03 bits per heavy atom. The topological polar surface area (TPSA) is 76.9 Å². The molecule has 0 atom stereocenters. The van der Waals surface area contributed by atoms with E-state index in [4.69, 9.17) is 11.6 Å². The fourth-order valence-electron chi connectivity index (χ4n) is 3.12. The molecule has 4 aromatic rings. The Hall–Kier alpha value is -3.49. The number of nitrogens with one attached hydrogen (secondary N) is 1. The van der Waals surface area contributed by atoms with Crippen molar-refractivity contribution in [3.8, 4) is 11.4 Å². The maximum atomic E-state index is 13.9. The van der Waals surface area contributed by atoms with Crippen LogP contribution in [-0.2, 0) is 7.05 Å². The van der Waals surface area contributed by atoms with Crippen molar-refractivity contribution in [2.45, 2.75) is 5.16 Å². The predicted molar refractivity (Wildman–Crippen MR) is 127 cm³/mol. The number of carbonyl (C=O) groups is 2. The zero-order valence-corrected chi connectivity index (χ0v) is 19.0. The summed E-state index contributed by atoms with van der Waals surface area (Å²) < 4.78 is 15.7. The number of carbonyl (C=O) groups excluding carboxylic acids is 2. The molecule has 0 saturated carbocycles. The first-order chi connectivity index (χ1) is 15.9. The molecule has 0 spiro atoms. The Balaban J connectivity index is 1.47. The van der Waals surface area contributed by atoms with Gasteiger partial charge in [0, 0.05) is 28.9 Å². The van der Waals surface area contributed by atoms with Gasteiger partial charge in [-0.05, 0) is 48.5 Å². The lowest BCUT2D eigenvalue weighted by Gasteiger charge is -2.08. The number of hydrogen-bond donors (Lipinski definition) is 1. The van der Waals surface area contributed by atoms with Gasteiger partial charge in [0.1, 0.15) is 5.82 Å². The molecule has 0 saturated heterocycles. The molecule has 0 unspecified atom stereocenters. The molecule has 0 aliphatic carbocycles. The number of hydrogen-bond acceptors (Lipinski definition) is 5. The smallest absolute Gasteiger partial charge is 0.258 e. The first kappa shape index (κ1) is 22.7. The van der Waals surface area contributed by atoms with Crippen molar-refractivity contribution in [1.82, 2.24) is 14.8 Å². The van der Waals surface area contributed by atoms with Gasteiger partial charge in [0.15, 0.2) is 16.8 Å². The van der Waals surface area contributed by atoms with Crippen molar-refractivity contribution in [2.75, 3.05) is 11.1 Å². The summed E-state index contributed by atoms with van der Waals surface area (Å²) in [7, 11) is 1.80. The van der Waals surface area contributed by atoms with Gasteiger partial charge in [0.05, 0.1) is 11.3 Å². The second kappa shape index (κ2) is 9.97. The fourth-order valence-corrected chi connectivity index (χ4v) is 4.05. The summed E-state index contributed by atoms with van der Waals surface area (Å²) in [6.45, 7) is 0. The molecule has 0 fully saturated rings. The van der Waals surface area contributed by atoms with Gasteiger partial charge in [-0.2, -0.15) is 0 Å². The third kappa shape index (κ3) is 5.30. The van der Waals surface area contributed by atoms with E-state index in [1.807, 2.05) is 6.07 Å². The Labute approximate surface area is 198 Å². The van der Waals surface area contributed by atoms with Gasteiger partial charge in [0.2, 0.25) is 0 Å². The van der Waals surface area contributed by atoms with Crippen LogP contribution in [0.4, 0.5) is 10.1 Å². The second-order valence-corrected chi connectivity index (χ2v) is 8.48. The van der Waals surface area contributed by atoms with Crippen LogP contribution < -0.4 is 5.32 Å². The average molecular weight is 481 g/mol. The number of anilines is 1. The highest BCUT2D eigenvalue weighted by atomic mass is 35.5. The summed E-state index contributed by atoms with van der Waals surface area (Å²) in [5.41, 5.74) is 1.75. The number of ketones is 1. The minimum absolute atomic E-state index is 0.0365. The highest BCUT2D eigenvalue weighted by Crippen LogP contribution is 2.26. The van der Waals surface area contributed by atoms with E-state index in [1.54, 1.807) is 60.1 Å². The van der Waals surface area contributed by atoms with Crippen molar-refractivity contribution >= 4 is 40.7 Å². The average Bonchev–Trinajstić information content (AvgIpc) is 3.18. The molecule has 6 nitrogen and oxygen atoms in total. The normalized spacial score (nSPS) is 10.8. The maximum absolute atomic E-state index is 13.9. The van der Waals surface area contributed by atoms with E-state index >= 15 is 0 Å². The molecule has 4 rings (SSSR count). The SMILES string of the molecule is Cn1c(SCC(=O)c2ccc(Cl)cc2)nnc1-c1cccc(NC(=O)c2ccccc2F)c1. The largest absolute Gasteiger partial charge is 0.322 e. The van der Waals surface area contributed by atoms with Crippen molar-refractivity contribution < 1.29 is 14.0 Å². The van der Waals surface area contributed by atoms with Crippen molar-refractivity contribution in [2.24, 2.45) is 7.05 Å². The summed E-state index contributed by atoms with van der Waals surface area (Å²) >= 11 is 7.15. The Morgan fingerprint density at radius 2 is 1.79 bits per heavy atom. The van der Waals surface area contributed by atoms with Gasteiger partial charge in [-0.25, -0.2) is 4.39 Å². The third-order valence-corrected chi connectivity index (χ3v) is 6.10. The zero-order valence-electron chi connectivity index (χ0n) is 17.5. The predicted octanol–water partition coefficient (Wildman–Crippen LogP) is 5.50. The maximum Gasteiger partial charge on any atom is 0.258 e. The molecule has 0 aliphatic rings. The van der Waals surface area contributed by atoms with E-state index in [9.17, 15) is 14.0 Å².